The van der Waals surface area contributed by atoms with Crippen LogP contribution in [0.15, 0.2) is 121 Å². The Hall–Kier alpha value is -3.01. The molecule has 0 aliphatic heterocycles. The summed E-state index contributed by atoms with van der Waals surface area (Å²) < 4.78 is 16.9. The minimum absolute atomic E-state index is 0.540. The molecule has 0 radical (unpaired) electrons. The number of hydrogen-bond donors (Lipinski definition) is 1. The monoisotopic (exact) mass is 411 g/mol. The van der Waals surface area contributed by atoms with Gasteiger partial charge < -0.3 is 0 Å². The van der Waals surface area contributed by atoms with Crippen LogP contribution in [0.2, 0.25) is 0 Å². The van der Waals surface area contributed by atoms with Crippen molar-refractivity contribution in [3.05, 3.63) is 144 Å². The van der Waals surface area contributed by atoms with Crippen molar-refractivity contribution < 1.29 is 4.21 Å². The normalized spacial score (nSPS) is 12.4. The Morgan fingerprint density at radius 2 is 0.933 bits per heavy atom. The van der Waals surface area contributed by atoms with Gasteiger partial charge in [-0.15, -0.1) is 0 Å². The van der Waals surface area contributed by atoms with Crippen molar-refractivity contribution in [2.24, 2.45) is 0 Å². The van der Waals surface area contributed by atoms with Gasteiger partial charge in [-0.3, -0.25) is 0 Å². The molecule has 0 bridgehead atoms. The predicted molar refractivity (Wildman–Crippen MR) is 125 cm³/mol. The molecule has 3 heteroatoms. The number of nitrogens with one attached hydrogen (secondary N) is 1. The van der Waals surface area contributed by atoms with Gasteiger partial charge in [-0.1, -0.05) is 121 Å². The minimum Gasteiger partial charge on any atom is -0.243 e. The van der Waals surface area contributed by atoms with E-state index in [1.54, 1.807) is 0 Å². The van der Waals surface area contributed by atoms with E-state index in [9.17, 15) is 4.21 Å². The van der Waals surface area contributed by atoms with Crippen molar-refractivity contribution >= 4 is 11.0 Å². The van der Waals surface area contributed by atoms with Crippen LogP contribution in [-0.4, -0.2) is 9.96 Å². The zero-order chi connectivity index (χ0) is 20.7. The molecule has 0 fully saturated rings. The highest BCUT2D eigenvalue weighted by atomic mass is 32.2. The van der Waals surface area contributed by atoms with Crippen LogP contribution in [-0.2, 0) is 22.9 Å². The molecule has 4 aromatic rings. The molecule has 4 rings (SSSR count). The minimum atomic E-state index is -1.24. The zero-order valence-corrected chi connectivity index (χ0v) is 17.6. The molecule has 0 saturated heterocycles. The molecule has 0 saturated carbocycles. The molecule has 2 nitrogen and oxygen atoms in total. The number of benzene rings is 4. The van der Waals surface area contributed by atoms with Gasteiger partial charge in [-0.05, 0) is 28.7 Å². The average Bonchev–Trinajstić information content (AvgIpc) is 2.83. The molecule has 1 N–H and O–H groups in total. The van der Waals surface area contributed by atoms with Crippen LogP contribution in [0.5, 0.6) is 0 Å². The quantitative estimate of drug-likeness (QED) is 0.383. The Morgan fingerprint density at radius 3 is 1.33 bits per heavy atom. The highest BCUT2D eigenvalue weighted by Crippen LogP contribution is 2.37. The zero-order valence-electron chi connectivity index (χ0n) is 16.8. The van der Waals surface area contributed by atoms with Gasteiger partial charge in [-0.2, -0.15) is 0 Å². The van der Waals surface area contributed by atoms with Gasteiger partial charge in [0.05, 0.1) is 11.0 Å². The Balaban J connectivity index is 1.76. The molecule has 4 aromatic carbocycles. The summed E-state index contributed by atoms with van der Waals surface area (Å²) in [6.45, 7) is 0. The number of aryl methyl sites for hydroxylation is 1. The fraction of sp³-hybridized carbons (Fsp3) is 0.111. The van der Waals surface area contributed by atoms with E-state index in [-0.39, 0.29) is 0 Å². The van der Waals surface area contributed by atoms with Crippen LogP contribution < -0.4 is 4.72 Å². The summed E-state index contributed by atoms with van der Waals surface area (Å²) >= 11 is 0. The van der Waals surface area contributed by atoms with Gasteiger partial charge in [0, 0.05) is 5.75 Å². The van der Waals surface area contributed by atoms with Gasteiger partial charge >= 0.3 is 0 Å². The van der Waals surface area contributed by atoms with Gasteiger partial charge in [-0.25, -0.2) is 8.93 Å². The molecule has 1 atom stereocenters. The molecule has 0 aromatic heterocycles. The third-order valence-electron chi connectivity index (χ3n) is 5.31. The van der Waals surface area contributed by atoms with Crippen molar-refractivity contribution in [3.8, 4) is 0 Å². The molecule has 150 valence electrons. The molecule has 0 aliphatic rings. The van der Waals surface area contributed by atoms with E-state index in [1.807, 2.05) is 72.8 Å². The standard InChI is InChI=1S/C27H25NOS/c29-30(22-21-23-13-5-1-6-14-23)28-27(24-15-7-2-8-16-24,25-17-9-3-10-18-25)26-19-11-4-12-20-26/h1-20,28H,21-22H2. The second kappa shape index (κ2) is 9.66. The van der Waals surface area contributed by atoms with Crippen molar-refractivity contribution in [3.63, 3.8) is 0 Å². The maximum Gasteiger partial charge on any atom is 0.106 e. The molecule has 1 unspecified atom stereocenters. The van der Waals surface area contributed by atoms with Crippen molar-refractivity contribution in [1.82, 2.24) is 4.72 Å². The van der Waals surface area contributed by atoms with Crippen molar-refractivity contribution in [2.75, 3.05) is 5.75 Å². The first-order valence-electron chi connectivity index (χ1n) is 10.2. The lowest BCUT2D eigenvalue weighted by molar-refractivity contribution is 0.574. The molecule has 0 spiro atoms. The average molecular weight is 412 g/mol. The Kier molecular flexibility index (Phi) is 6.53. The van der Waals surface area contributed by atoms with Crippen LogP contribution in [0.25, 0.3) is 0 Å². The van der Waals surface area contributed by atoms with E-state index in [0.29, 0.717) is 5.75 Å². The number of hydrogen-bond acceptors (Lipinski definition) is 1. The second-order valence-electron chi connectivity index (χ2n) is 7.24. The summed E-state index contributed by atoms with van der Waals surface area (Å²) in [4.78, 5) is 0. The summed E-state index contributed by atoms with van der Waals surface area (Å²) in [6, 6.07) is 41.0. The number of rotatable bonds is 8. The maximum atomic E-state index is 13.4. The first kappa shape index (κ1) is 20.3. The van der Waals surface area contributed by atoms with Crippen LogP contribution in [0.1, 0.15) is 22.3 Å². The lowest BCUT2D eigenvalue weighted by Crippen LogP contribution is -2.46. The molecule has 30 heavy (non-hydrogen) atoms. The third kappa shape index (κ3) is 4.43. The highest BCUT2D eigenvalue weighted by molar-refractivity contribution is 7.83. The lowest BCUT2D eigenvalue weighted by Gasteiger charge is -2.36. The van der Waals surface area contributed by atoms with Gasteiger partial charge in [0.15, 0.2) is 0 Å². The van der Waals surface area contributed by atoms with E-state index in [0.717, 1.165) is 23.1 Å². The maximum absolute atomic E-state index is 13.4. The van der Waals surface area contributed by atoms with Gasteiger partial charge in [0.25, 0.3) is 0 Å². The highest BCUT2D eigenvalue weighted by Gasteiger charge is 2.37. The van der Waals surface area contributed by atoms with Crippen molar-refractivity contribution in [1.29, 1.82) is 0 Å². The summed E-state index contributed by atoms with van der Waals surface area (Å²) in [5.74, 6) is 0.540. The van der Waals surface area contributed by atoms with E-state index in [1.165, 1.54) is 5.56 Å². The van der Waals surface area contributed by atoms with E-state index < -0.39 is 16.5 Å². The Morgan fingerprint density at radius 1 is 0.567 bits per heavy atom. The fourth-order valence-electron chi connectivity index (χ4n) is 3.82. The first-order chi connectivity index (χ1) is 14.8. The molecule has 0 amide bonds. The molecular weight excluding hydrogens is 386 g/mol. The largest absolute Gasteiger partial charge is 0.243 e. The van der Waals surface area contributed by atoms with E-state index in [4.69, 9.17) is 0 Å². The van der Waals surface area contributed by atoms with E-state index >= 15 is 0 Å². The van der Waals surface area contributed by atoms with Crippen LogP contribution >= 0.6 is 0 Å². The van der Waals surface area contributed by atoms with E-state index in [2.05, 4.69) is 53.3 Å². The SMILES string of the molecule is O=S(CCc1ccccc1)NC(c1ccccc1)(c1ccccc1)c1ccccc1. The second-order valence-corrected chi connectivity index (χ2v) is 8.54. The third-order valence-corrected chi connectivity index (χ3v) is 6.42. The molecule has 0 aliphatic carbocycles. The van der Waals surface area contributed by atoms with Crippen LogP contribution in [0.4, 0.5) is 0 Å². The summed E-state index contributed by atoms with van der Waals surface area (Å²) in [5, 5.41) is 0. The predicted octanol–water partition coefficient (Wildman–Crippen LogP) is 5.47. The van der Waals surface area contributed by atoms with Crippen LogP contribution in [0, 0.1) is 0 Å². The molecular formula is C27H25NOS. The lowest BCUT2D eigenvalue weighted by atomic mass is 9.78. The summed E-state index contributed by atoms with van der Waals surface area (Å²) in [5.41, 5.74) is 3.68. The summed E-state index contributed by atoms with van der Waals surface area (Å²) in [7, 11) is -1.24. The first-order valence-corrected chi connectivity index (χ1v) is 11.5. The van der Waals surface area contributed by atoms with Gasteiger partial charge in [0.1, 0.15) is 5.54 Å². The topological polar surface area (TPSA) is 29.1 Å². The van der Waals surface area contributed by atoms with Crippen molar-refractivity contribution in [2.45, 2.75) is 12.0 Å². The fourth-order valence-corrected chi connectivity index (χ4v) is 5.04. The molecule has 0 heterocycles. The van der Waals surface area contributed by atoms with Crippen LogP contribution in [0.3, 0.4) is 0 Å². The summed E-state index contributed by atoms with van der Waals surface area (Å²) in [6.07, 6.45) is 0.759. The van der Waals surface area contributed by atoms with Gasteiger partial charge in [0.2, 0.25) is 0 Å². The Bertz CT molecular complexity index is 970. The smallest absolute Gasteiger partial charge is 0.106 e. The Labute approximate surface area is 181 Å².